The molecule has 0 aliphatic carbocycles. The minimum Gasteiger partial charge on any atom is -0.467 e. The van der Waals surface area contributed by atoms with Crippen LogP contribution in [0.3, 0.4) is 0 Å². The van der Waals surface area contributed by atoms with Crippen LogP contribution in [0.15, 0.2) is 34.9 Å². The number of anilines is 1. The third kappa shape index (κ3) is 3.80. The molecule has 0 unspecified atom stereocenters. The standard InChI is InChI=1S/C13H11N5O4/c14-6-10-11(18(20)21)3-4-12(17-10)15-8-13(19)16-7-9-2-1-5-22-9/h1-5H,7-8H2,(H,15,17)(H,16,19). The Balaban J connectivity index is 1.90. The van der Waals surface area contributed by atoms with Crippen molar-refractivity contribution in [1.82, 2.24) is 10.3 Å². The molecule has 0 radical (unpaired) electrons. The largest absolute Gasteiger partial charge is 0.467 e. The van der Waals surface area contributed by atoms with Gasteiger partial charge in [0.15, 0.2) is 0 Å². The topological polar surface area (TPSA) is 134 Å². The third-order valence-corrected chi connectivity index (χ3v) is 2.65. The fourth-order valence-electron chi connectivity index (χ4n) is 1.61. The van der Waals surface area contributed by atoms with E-state index < -0.39 is 4.92 Å². The molecule has 0 atom stereocenters. The number of carbonyl (C=O) groups excluding carboxylic acids is 1. The number of carbonyl (C=O) groups is 1. The molecular formula is C13H11N5O4. The Hall–Kier alpha value is -3.41. The molecule has 0 fully saturated rings. The third-order valence-electron chi connectivity index (χ3n) is 2.65. The molecule has 1 amide bonds. The zero-order chi connectivity index (χ0) is 15.9. The lowest BCUT2D eigenvalue weighted by Gasteiger charge is -2.06. The molecule has 2 aromatic rings. The zero-order valence-corrected chi connectivity index (χ0v) is 11.3. The van der Waals surface area contributed by atoms with E-state index in [1.54, 1.807) is 18.2 Å². The van der Waals surface area contributed by atoms with Crippen molar-refractivity contribution in [2.75, 3.05) is 11.9 Å². The quantitative estimate of drug-likeness (QED) is 0.604. The van der Waals surface area contributed by atoms with Gasteiger partial charge in [0.05, 0.1) is 24.3 Å². The molecule has 2 rings (SSSR count). The minimum absolute atomic E-state index is 0.0869. The summed E-state index contributed by atoms with van der Waals surface area (Å²) in [5.74, 6) is 0.513. The summed E-state index contributed by atoms with van der Waals surface area (Å²) in [5.41, 5.74) is -0.693. The molecular weight excluding hydrogens is 290 g/mol. The maximum atomic E-state index is 11.6. The molecule has 0 saturated heterocycles. The van der Waals surface area contributed by atoms with Crippen LogP contribution in [0.4, 0.5) is 11.5 Å². The number of hydrogen-bond acceptors (Lipinski definition) is 7. The van der Waals surface area contributed by atoms with E-state index >= 15 is 0 Å². The average Bonchev–Trinajstić information content (AvgIpc) is 3.03. The van der Waals surface area contributed by atoms with Crippen LogP contribution >= 0.6 is 0 Å². The van der Waals surface area contributed by atoms with Crippen molar-refractivity contribution < 1.29 is 14.1 Å². The van der Waals surface area contributed by atoms with Crippen LogP contribution in [0.5, 0.6) is 0 Å². The number of pyridine rings is 1. The van der Waals surface area contributed by atoms with Gasteiger partial charge in [0.25, 0.3) is 0 Å². The van der Waals surface area contributed by atoms with E-state index in [4.69, 9.17) is 9.68 Å². The van der Waals surface area contributed by atoms with Crippen molar-refractivity contribution in [1.29, 1.82) is 5.26 Å². The van der Waals surface area contributed by atoms with E-state index in [0.29, 0.717) is 5.76 Å². The van der Waals surface area contributed by atoms with Crippen LogP contribution < -0.4 is 10.6 Å². The summed E-state index contributed by atoms with van der Waals surface area (Å²) >= 11 is 0. The Labute approximate surface area is 124 Å². The second-order valence-electron chi connectivity index (χ2n) is 4.14. The summed E-state index contributed by atoms with van der Waals surface area (Å²) in [4.78, 5) is 25.4. The molecule has 0 spiro atoms. The number of nitrogens with one attached hydrogen (secondary N) is 2. The van der Waals surface area contributed by atoms with Crippen molar-refractivity contribution in [3.05, 3.63) is 52.1 Å². The smallest absolute Gasteiger partial charge is 0.305 e. The summed E-state index contributed by atoms with van der Waals surface area (Å²) in [7, 11) is 0. The van der Waals surface area contributed by atoms with E-state index in [2.05, 4.69) is 15.6 Å². The molecule has 0 saturated carbocycles. The summed E-state index contributed by atoms with van der Waals surface area (Å²) in [6.45, 7) is 0.168. The molecule has 0 bridgehead atoms. The second kappa shape index (κ2) is 6.85. The first kappa shape index (κ1) is 15.0. The Kier molecular flexibility index (Phi) is 4.66. The van der Waals surface area contributed by atoms with Gasteiger partial charge in [0.2, 0.25) is 11.6 Å². The molecule has 0 aromatic carbocycles. The number of nitrogens with zero attached hydrogens (tertiary/aromatic N) is 3. The first-order valence-corrected chi connectivity index (χ1v) is 6.18. The number of nitro groups is 1. The maximum absolute atomic E-state index is 11.6. The molecule has 9 heteroatoms. The monoisotopic (exact) mass is 301 g/mol. The van der Waals surface area contributed by atoms with Gasteiger partial charge in [0, 0.05) is 6.07 Å². The Bertz CT molecular complexity index is 721. The fourth-order valence-corrected chi connectivity index (χ4v) is 1.61. The first-order valence-electron chi connectivity index (χ1n) is 6.18. The normalized spacial score (nSPS) is 9.77. The van der Waals surface area contributed by atoms with Crippen LogP contribution in [0.1, 0.15) is 11.5 Å². The van der Waals surface area contributed by atoms with E-state index in [1.807, 2.05) is 0 Å². The van der Waals surface area contributed by atoms with Gasteiger partial charge in [-0.05, 0) is 18.2 Å². The highest BCUT2D eigenvalue weighted by atomic mass is 16.6. The number of aromatic nitrogens is 1. The number of nitriles is 1. The predicted molar refractivity (Wildman–Crippen MR) is 74.7 cm³/mol. The van der Waals surface area contributed by atoms with Gasteiger partial charge < -0.3 is 15.1 Å². The minimum atomic E-state index is -0.689. The summed E-state index contributed by atoms with van der Waals surface area (Å²) in [6, 6.07) is 7.58. The van der Waals surface area contributed by atoms with Crippen LogP contribution in [-0.2, 0) is 11.3 Å². The Morgan fingerprint density at radius 2 is 2.27 bits per heavy atom. The molecule has 2 aromatic heterocycles. The fraction of sp³-hybridized carbons (Fsp3) is 0.154. The molecule has 9 nitrogen and oxygen atoms in total. The highest BCUT2D eigenvalue weighted by Gasteiger charge is 2.15. The van der Waals surface area contributed by atoms with Gasteiger partial charge in [-0.2, -0.15) is 5.26 Å². The summed E-state index contributed by atoms with van der Waals surface area (Å²) in [5, 5.41) is 24.8. The average molecular weight is 301 g/mol. The highest BCUT2D eigenvalue weighted by Crippen LogP contribution is 2.17. The van der Waals surface area contributed by atoms with Crippen molar-refractivity contribution >= 4 is 17.4 Å². The van der Waals surface area contributed by atoms with Crippen molar-refractivity contribution in [3.8, 4) is 6.07 Å². The maximum Gasteiger partial charge on any atom is 0.305 e. The van der Waals surface area contributed by atoms with Gasteiger partial charge in [-0.25, -0.2) is 4.98 Å². The van der Waals surface area contributed by atoms with Gasteiger partial charge in [-0.15, -0.1) is 0 Å². The van der Waals surface area contributed by atoms with E-state index in [1.165, 1.54) is 12.3 Å². The van der Waals surface area contributed by atoms with Gasteiger partial charge in [0.1, 0.15) is 17.6 Å². The summed E-state index contributed by atoms with van der Waals surface area (Å²) in [6.07, 6.45) is 1.50. The van der Waals surface area contributed by atoms with Crippen LogP contribution in [0, 0.1) is 21.4 Å². The van der Waals surface area contributed by atoms with Crippen molar-refractivity contribution in [2.24, 2.45) is 0 Å². The first-order chi connectivity index (χ1) is 10.6. The molecule has 2 heterocycles. The van der Waals surface area contributed by atoms with Crippen LogP contribution in [0.2, 0.25) is 0 Å². The lowest BCUT2D eigenvalue weighted by molar-refractivity contribution is -0.385. The SMILES string of the molecule is N#Cc1nc(NCC(=O)NCc2ccco2)ccc1[N+](=O)[O-]. The zero-order valence-electron chi connectivity index (χ0n) is 11.3. The van der Waals surface area contributed by atoms with Crippen molar-refractivity contribution in [2.45, 2.75) is 6.54 Å². The van der Waals surface area contributed by atoms with E-state index in [9.17, 15) is 14.9 Å². The molecule has 0 aliphatic rings. The van der Waals surface area contributed by atoms with Gasteiger partial charge in [-0.1, -0.05) is 0 Å². The lowest BCUT2D eigenvalue weighted by Crippen LogP contribution is -2.29. The Morgan fingerprint density at radius 1 is 1.45 bits per heavy atom. The number of hydrogen-bond donors (Lipinski definition) is 2. The number of rotatable bonds is 6. The van der Waals surface area contributed by atoms with Gasteiger partial charge >= 0.3 is 5.69 Å². The lowest BCUT2D eigenvalue weighted by atomic mass is 10.3. The molecule has 0 aliphatic heterocycles. The Morgan fingerprint density at radius 3 is 2.91 bits per heavy atom. The van der Waals surface area contributed by atoms with E-state index in [0.717, 1.165) is 6.07 Å². The predicted octanol–water partition coefficient (Wildman–Crippen LogP) is 1.18. The molecule has 2 N–H and O–H groups in total. The second-order valence-corrected chi connectivity index (χ2v) is 4.14. The molecule has 22 heavy (non-hydrogen) atoms. The number of furan rings is 1. The number of amides is 1. The highest BCUT2D eigenvalue weighted by molar-refractivity contribution is 5.80. The van der Waals surface area contributed by atoms with E-state index in [-0.39, 0.29) is 36.2 Å². The molecule has 112 valence electrons. The van der Waals surface area contributed by atoms with Crippen LogP contribution in [-0.4, -0.2) is 22.4 Å². The van der Waals surface area contributed by atoms with Gasteiger partial charge in [-0.3, -0.25) is 14.9 Å². The van der Waals surface area contributed by atoms with Crippen LogP contribution in [0.25, 0.3) is 0 Å². The summed E-state index contributed by atoms with van der Waals surface area (Å²) < 4.78 is 5.07. The van der Waals surface area contributed by atoms with Crippen molar-refractivity contribution in [3.63, 3.8) is 0 Å².